The fourth-order valence-electron chi connectivity index (χ4n) is 2.08. The first kappa shape index (κ1) is 16.5. The summed E-state index contributed by atoms with van der Waals surface area (Å²) in [5.74, 6) is 1.82. The summed E-state index contributed by atoms with van der Waals surface area (Å²) in [6, 6.07) is 7.73. The smallest absolute Gasteiger partial charge is 0.257 e. The maximum Gasteiger partial charge on any atom is 0.257 e. The van der Waals surface area contributed by atoms with Crippen LogP contribution in [0, 0.1) is 5.92 Å². The Morgan fingerprint density at radius 1 is 1.26 bits per heavy atom. The molecular weight excluding hydrogens is 326 g/mol. The summed E-state index contributed by atoms with van der Waals surface area (Å²) < 4.78 is 0.926. The first-order valence-electron chi connectivity index (χ1n) is 7.80. The van der Waals surface area contributed by atoms with Crippen LogP contribution in [-0.2, 0) is 5.41 Å². The van der Waals surface area contributed by atoms with Crippen LogP contribution < -0.4 is 5.32 Å². The number of hydrogen-bond acceptors (Lipinski definition) is 5. The van der Waals surface area contributed by atoms with Crippen LogP contribution >= 0.6 is 23.1 Å². The zero-order chi connectivity index (χ0) is 16.4. The standard InChI is InChI=1S/C17H21N3OS2/c1-17(2,3)13-8-6-12(7-9-13)14(21)18-15-19-20-16(23-15)22-10-11-4-5-11/h6-9,11H,4-5,10H2,1-3H3,(H,18,19,21). The quantitative estimate of drug-likeness (QED) is 0.635. The van der Waals surface area contributed by atoms with E-state index in [2.05, 4.69) is 36.3 Å². The summed E-state index contributed by atoms with van der Waals surface area (Å²) in [5.41, 5.74) is 1.94. The molecule has 4 nitrogen and oxygen atoms in total. The van der Waals surface area contributed by atoms with Gasteiger partial charge in [-0.15, -0.1) is 10.2 Å². The summed E-state index contributed by atoms with van der Waals surface area (Å²) >= 11 is 3.17. The largest absolute Gasteiger partial charge is 0.296 e. The molecule has 0 atom stereocenters. The van der Waals surface area contributed by atoms with Crippen LogP contribution in [0.3, 0.4) is 0 Å². The Morgan fingerprint density at radius 3 is 2.57 bits per heavy atom. The molecule has 0 saturated heterocycles. The molecule has 1 fully saturated rings. The average molecular weight is 348 g/mol. The Bertz CT molecular complexity index is 685. The lowest BCUT2D eigenvalue weighted by Crippen LogP contribution is -2.14. The van der Waals surface area contributed by atoms with Crippen molar-refractivity contribution in [2.75, 3.05) is 11.1 Å². The molecule has 0 radical (unpaired) electrons. The molecular formula is C17H21N3OS2. The van der Waals surface area contributed by atoms with Crippen LogP contribution in [0.4, 0.5) is 5.13 Å². The van der Waals surface area contributed by atoms with Gasteiger partial charge in [-0.25, -0.2) is 0 Å². The van der Waals surface area contributed by atoms with Gasteiger partial charge in [0, 0.05) is 11.3 Å². The van der Waals surface area contributed by atoms with E-state index in [0.29, 0.717) is 10.7 Å². The van der Waals surface area contributed by atoms with Crippen molar-refractivity contribution in [3.05, 3.63) is 35.4 Å². The number of thioether (sulfide) groups is 1. The number of carbonyl (C=O) groups is 1. The van der Waals surface area contributed by atoms with Crippen molar-refractivity contribution in [1.29, 1.82) is 0 Å². The number of carbonyl (C=O) groups excluding carboxylic acids is 1. The summed E-state index contributed by atoms with van der Waals surface area (Å²) in [6.45, 7) is 6.47. The maximum absolute atomic E-state index is 12.3. The van der Waals surface area contributed by atoms with Crippen molar-refractivity contribution in [1.82, 2.24) is 10.2 Å². The first-order chi connectivity index (χ1) is 10.9. The molecule has 0 spiro atoms. The number of hydrogen-bond donors (Lipinski definition) is 1. The molecule has 0 unspecified atom stereocenters. The van der Waals surface area contributed by atoms with Gasteiger partial charge in [-0.3, -0.25) is 10.1 Å². The fourth-order valence-corrected chi connectivity index (χ4v) is 4.04. The highest BCUT2D eigenvalue weighted by atomic mass is 32.2. The Kier molecular flexibility index (Phi) is 4.73. The van der Waals surface area contributed by atoms with Crippen molar-refractivity contribution >= 4 is 34.1 Å². The Morgan fingerprint density at radius 2 is 1.96 bits per heavy atom. The molecule has 1 aliphatic carbocycles. The summed E-state index contributed by atoms with van der Waals surface area (Å²) in [6.07, 6.45) is 2.67. The molecule has 0 aliphatic heterocycles. The van der Waals surface area contributed by atoms with E-state index in [4.69, 9.17) is 0 Å². The average Bonchev–Trinajstić information content (AvgIpc) is 3.24. The molecule has 1 aromatic heterocycles. The molecule has 6 heteroatoms. The fraction of sp³-hybridized carbons (Fsp3) is 0.471. The van der Waals surface area contributed by atoms with Crippen LogP contribution in [0.15, 0.2) is 28.6 Å². The van der Waals surface area contributed by atoms with Gasteiger partial charge < -0.3 is 0 Å². The molecule has 1 amide bonds. The van der Waals surface area contributed by atoms with Gasteiger partial charge in [0.1, 0.15) is 0 Å². The molecule has 1 aliphatic rings. The van der Waals surface area contributed by atoms with Gasteiger partial charge >= 0.3 is 0 Å². The van der Waals surface area contributed by atoms with E-state index in [9.17, 15) is 4.79 Å². The monoisotopic (exact) mass is 347 g/mol. The molecule has 3 rings (SSSR count). The Labute approximate surface area is 145 Å². The van der Waals surface area contributed by atoms with Gasteiger partial charge in [-0.2, -0.15) is 0 Å². The van der Waals surface area contributed by atoms with Gasteiger partial charge in [-0.1, -0.05) is 56.0 Å². The van der Waals surface area contributed by atoms with E-state index in [-0.39, 0.29) is 11.3 Å². The predicted molar refractivity (Wildman–Crippen MR) is 96.5 cm³/mol. The highest BCUT2D eigenvalue weighted by molar-refractivity contribution is 8.01. The normalized spacial score (nSPS) is 14.7. The molecule has 2 aromatic rings. The molecule has 23 heavy (non-hydrogen) atoms. The van der Waals surface area contributed by atoms with Crippen molar-refractivity contribution in [2.24, 2.45) is 5.92 Å². The summed E-state index contributed by atoms with van der Waals surface area (Å²) in [4.78, 5) is 12.3. The topological polar surface area (TPSA) is 54.9 Å². The summed E-state index contributed by atoms with van der Waals surface area (Å²) in [5, 5.41) is 11.6. The number of rotatable bonds is 5. The number of benzene rings is 1. The molecule has 1 heterocycles. The highest BCUT2D eigenvalue weighted by Crippen LogP contribution is 2.36. The highest BCUT2D eigenvalue weighted by Gasteiger charge is 2.22. The molecule has 1 N–H and O–H groups in total. The zero-order valence-electron chi connectivity index (χ0n) is 13.6. The van der Waals surface area contributed by atoms with Gasteiger partial charge in [0.25, 0.3) is 5.91 Å². The SMILES string of the molecule is CC(C)(C)c1ccc(C(=O)Nc2nnc(SCC3CC3)s2)cc1. The molecule has 122 valence electrons. The minimum absolute atomic E-state index is 0.0852. The van der Waals surface area contributed by atoms with Gasteiger partial charge in [-0.05, 0) is 41.9 Å². The number of anilines is 1. The van der Waals surface area contributed by atoms with E-state index in [1.54, 1.807) is 11.8 Å². The van der Waals surface area contributed by atoms with Crippen LogP contribution in [0.2, 0.25) is 0 Å². The predicted octanol–water partition coefficient (Wildman–Crippen LogP) is 4.59. The first-order valence-corrected chi connectivity index (χ1v) is 9.60. The van der Waals surface area contributed by atoms with Gasteiger partial charge in [0.15, 0.2) is 4.34 Å². The minimum atomic E-state index is -0.139. The molecule has 1 aromatic carbocycles. The Hall–Kier alpha value is -1.40. The third kappa shape index (κ3) is 4.54. The number of nitrogens with one attached hydrogen (secondary N) is 1. The van der Waals surface area contributed by atoms with Crippen LogP contribution in [-0.4, -0.2) is 21.9 Å². The summed E-state index contributed by atoms with van der Waals surface area (Å²) in [7, 11) is 0. The maximum atomic E-state index is 12.3. The zero-order valence-corrected chi connectivity index (χ0v) is 15.3. The van der Waals surface area contributed by atoms with Crippen molar-refractivity contribution in [3.63, 3.8) is 0 Å². The van der Waals surface area contributed by atoms with E-state index in [1.807, 2.05) is 24.3 Å². The third-order valence-corrected chi connectivity index (χ3v) is 5.98. The lowest BCUT2D eigenvalue weighted by Gasteiger charge is -2.18. The van der Waals surface area contributed by atoms with Crippen molar-refractivity contribution < 1.29 is 4.79 Å². The van der Waals surface area contributed by atoms with E-state index >= 15 is 0 Å². The number of aromatic nitrogens is 2. The van der Waals surface area contributed by atoms with Crippen LogP contribution in [0.1, 0.15) is 49.5 Å². The van der Waals surface area contributed by atoms with Crippen molar-refractivity contribution in [3.8, 4) is 0 Å². The second-order valence-corrected chi connectivity index (χ2v) is 9.15. The number of amides is 1. The Balaban J connectivity index is 1.59. The minimum Gasteiger partial charge on any atom is -0.296 e. The van der Waals surface area contributed by atoms with Gasteiger partial charge in [0.2, 0.25) is 5.13 Å². The number of nitrogens with zero attached hydrogens (tertiary/aromatic N) is 2. The molecule has 1 saturated carbocycles. The van der Waals surface area contributed by atoms with E-state index in [0.717, 1.165) is 16.0 Å². The van der Waals surface area contributed by atoms with E-state index in [1.165, 1.54) is 29.7 Å². The lowest BCUT2D eigenvalue weighted by molar-refractivity contribution is 0.102. The van der Waals surface area contributed by atoms with Gasteiger partial charge in [0.05, 0.1) is 0 Å². The van der Waals surface area contributed by atoms with E-state index < -0.39 is 0 Å². The molecule has 0 bridgehead atoms. The van der Waals surface area contributed by atoms with Crippen molar-refractivity contribution in [2.45, 2.75) is 43.4 Å². The second kappa shape index (κ2) is 6.61. The second-order valence-electron chi connectivity index (χ2n) is 6.91. The lowest BCUT2D eigenvalue weighted by atomic mass is 9.87. The van der Waals surface area contributed by atoms with Crippen LogP contribution in [0.5, 0.6) is 0 Å². The third-order valence-electron chi connectivity index (χ3n) is 3.78. The van der Waals surface area contributed by atoms with Crippen LogP contribution in [0.25, 0.3) is 0 Å².